The van der Waals surface area contributed by atoms with E-state index in [1.165, 1.54) is 10.7 Å². The number of likely N-dealkylation sites (tertiary alicyclic amines) is 1. The highest BCUT2D eigenvalue weighted by molar-refractivity contribution is 7.89. The minimum absolute atomic E-state index is 0.0496. The number of piperidine rings is 1. The standard InChI is InChI=1S/C18H29N3O3S/c1-4-21(5-2)25(23,24)17-10-8-16(9-11-17)13-19-18(22)20-12-6-7-15(3)14-20/h8-11,15H,4-7,12-14H2,1-3H3,(H,19,22). The molecule has 1 fully saturated rings. The van der Waals surface area contributed by atoms with Crippen molar-refractivity contribution in [1.29, 1.82) is 0 Å². The van der Waals surface area contributed by atoms with Gasteiger partial charge in [0.2, 0.25) is 10.0 Å². The van der Waals surface area contributed by atoms with Gasteiger partial charge in [-0.1, -0.05) is 32.9 Å². The summed E-state index contributed by atoms with van der Waals surface area (Å²) in [4.78, 5) is 14.4. The summed E-state index contributed by atoms with van der Waals surface area (Å²) in [5.74, 6) is 0.545. The molecule has 1 N–H and O–H groups in total. The van der Waals surface area contributed by atoms with Crippen molar-refractivity contribution in [3.63, 3.8) is 0 Å². The van der Waals surface area contributed by atoms with E-state index in [-0.39, 0.29) is 10.9 Å². The molecule has 7 heteroatoms. The summed E-state index contributed by atoms with van der Waals surface area (Å²) in [5.41, 5.74) is 0.886. The monoisotopic (exact) mass is 367 g/mol. The lowest BCUT2D eigenvalue weighted by atomic mass is 10.0. The van der Waals surface area contributed by atoms with E-state index in [9.17, 15) is 13.2 Å². The van der Waals surface area contributed by atoms with Crippen LogP contribution in [0.4, 0.5) is 4.79 Å². The number of nitrogens with zero attached hydrogens (tertiary/aromatic N) is 2. The van der Waals surface area contributed by atoms with Crippen LogP contribution in [0.2, 0.25) is 0 Å². The summed E-state index contributed by atoms with van der Waals surface area (Å²) in [6, 6.07) is 6.69. The van der Waals surface area contributed by atoms with Crippen molar-refractivity contribution < 1.29 is 13.2 Å². The molecule has 1 heterocycles. The van der Waals surface area contributed by atoms with Gasteiger partial charge in [-0.3, -0.25) is 0 Å². The molecule has 1 aromatic carbocycles. The van der Waals surface area contributed by atoms with Crippen LogP contribution in [0, 0.1) is 5.92 Å². The second-order valence-electron chi connectivity index (χ2n) is 6.59. The largest absolute Gasteiger partial charge is 0.334 e. The Morgan fingerprint density at radius 3 is 2.44 bits per heavy atom. The van der Waals surface area contributed by atoms with E-state index < -0.39 is 10.0 Å². The molecule has 2 rings (SSSR count). The van der Waals surface area contributed by atoms with Crippen molar-refractivity contribution >= 4 is 16.1 Å². The zero-order chi connectivity index (χ0) is 18.4. The molecule has 1 atom stereocenters. The summed E-state index contributed by atoms with van der Waals surface area (Å²) in [5, 5.41) is 2.92. The van der Waals surface area contributed by atoms with Crippen molar-refractivity contribution in [3.05, 3.63) is 29.8 Å². The molecule has 25 heavy (non-hydrogen) atoms. The molecular weight excluding hydrogens is 338 g/mol. The van der Waals surface area contributed by atoms with Crippen LogP contribution >= 0.6 is 0 Å². The Balaban J connectivity index is 1.95. The van der Waals surface area contributed by atoms with Crippen LogP contribution in [0.3, 0.4) is 0 Å². The molecule has 1 aliphatic heterocycles. The minimum Gasteiger partial charge on any atom is -0.334 e. The fourth-order valence-electron chi connectivity index (χ4n) is 3.16. The normalized spacial score (nSPS) is 18.4. The Morgan fingerprint density at radius 1 is 1.24 bits per heavy atom. The first-order chi connectivity index (χ1) is 11.9. The average molecular weight is 368 g/mol. The summed E-state index contributed by atoms with van der Waals surface area (Å²) >= 11 is 0. The predicted molar refractivity (Wildman–Crippen MR) is 98.8 cm³/mol. The third kappa shape index (κ3) is 4.95. The van der Waals surface area contributed by atoms with Crippen molar-refractivity contribution in [1.82, 2.24) is 14.5 Å². The first-order valence-corrected chi connectivity index (χ1v) is 10.4. The van der Waals surface area contributed by atoms with Crippen LogP contribution in [-0.2, 0) is 16.6 Å². The van der Waals surface area contributed by atoms with Crippen LogP contribution in [0.1, 0.15) is 39.2 Å². The number of sulfonamides is 1. The van der Waals surface area contributed by atoms with Crippen LogP contribution in [0.5, 0.6) is 0 Å². The lowest BCUT2D eigenvalue weighted by Crippen LogP contribution is -2.44. The first-order valence-electron chi connectivity index (χ1n) is 9.00. The van der Waals surface area contributed by atoms with E-state index in [4.69, 9.17) is 0 Å². The molecule has 1 saturated heterocycles. The summed E-state index contributed by atoms with van der Waals surface area (Å²) in [6.07, 6.45) is 2.22. The Hall–Kier alpha value is -1.60. The van der Waals surface area contributed by atoms with Crippen molar-refractivity contribution in [3.8, 4) is 0 Å². The van der Waals surface area contributed by atoms with E-state index in [0.717, 1.165) is 25.1 Å². The van der Waals surface area contributed by atoms with Crippen molar-refractivity contribution in [2.75, 3.05) is 26.2 Å². The summed E-state index contributed by atoms with van der Waals surface area (Å²) in [7, 11) is -3.43. The Kier molecular flexibility index (Phi) is 6.84. The van der Waals surface area contributed by atoms with Gasteiger partial charge in [0.05, 0.1) is 4.90 Å². The van der Waals surface area contributed by atoms with Gasteiger partial charge in [-0.15, -0.1) is 0 Å². The molecule has 1 aliphatic rings. The number of hydrogen-bond acceptors (Lipinski definition) is 3. The number of hydrogen-bond donors (Lipinski definition) is 1. The van der Waals surface area contributed by atoms with Crippen LogP contribution in [0.15, 0.2) is 29.2 Å². The topological polar surface area (TPSA) is 69.7 Å². The molecule has 0 saturated carbocycles. The average Bonchev–Trinajstić information content (AvgIpc) is 2.61. The fourth-order valence-corrected chi connectivity index (χ4v) is 4.61. The molecule has 6 nitrogen and oxygen atoms in total. The van der Waals surface area contributed by atoms with Gasteiger partial charge in [0.1, 0.15) is 0 Å². The van der Waals surface area contributed by atoms with E-state index in [0.29, 0.717) is 25.6 Å². The quantitative estimate of drug-likeness (QED) is 0.840. The second kappa shape index (κ2) is 8.67. The SMILES string of the molecule is CCN(CC)S(=O)(=O)c1ccc(CNC(=O)N2CCCC(C)C2)cc1. The number of carbonyl (C=O) groups is 1. The molecular formula is C18H29N3O3S. The molecule has 0 aliphatic carbocycles. The highest BCUT2D eigenvalue weighted by Crippen LogP contribution is 2.17. The van der Waals surface area contributed by atoms with Gasteiger partial charge in [0, 0.05) is 32.7 Å². The molecule has 0 aromatic heterocycles. The Bertz CT molecular complexity index is 669. The number of amides is 2. The van der Waals surface area contributed by atoms with Crippen LogP contribution in [-0.4, -0.2) is 49.8 Å². The minimum atomic E-state index is -3.43. The third-order valence-corrected chi connectivity index (χ3v) is 6.72. The molecule has 1 unspecified atom stereocenters. The van der Waals surface area contributed by atoms with Gasteiger partial charge in [-0.25, -0.2) is 13.2 Å². The lowest BCUT2D eigenvalue weighted by molar-refractivity contribution is 0.169. The molecule has 0 bridgehead atoms. The van der Waals surface area contributed by atoms with Crippen LogP contribution < -0.4 is 5.32 Å². The van der Waals surface area contributed by atoms with E-state index in [2.05, 4.69) is 12.2 Å². The number of nitrogens with one attached hydrogen (secondary N) is 1. The molecule has 0 spiro atoms. The number of urea groups is 1. The Labute approximate surface area is 151 Å². The maximum atomic E-state index is 12.5. The molecule has 2 amide bonds. The van der Waals surface area contributed by atoms with E-state index in [1.807, 2.05) is 18.7 Å². The second-order valence-corrected chi connectivity index (χ2v) is 8.52. The number of benzene rings is 1. The van der Waals surface area contributed by atoms with Gasteiger partial charge < -0.3 is 10.2 Å². The predicted octanol–water partition coefficient (Wildman–Crippen LogP) is 2.66. The van der Waals surface area contributed by atoms with Crippen LogP contribution in [0.25, 0.3) is 0 Å². The van der Waals surface area contributed by atoms with E-state index >= 15 is 0 Å². The summed E-state index contributed by atoms with van der Waals surface area (Å²) < 4.78 is 26.3. The van der Waals surface area contributed by atoms with Gasteiger partial charge >= 0.3 is 6.03 Å². The zero-order valence-electron chi connectivity index (χ0n) is 15.4. The van der Waals surface area contributed by atoms with Crippen molar-refractivity contribution in [2.45, 2.75) is 45.1 Å². The number of rotatable bonds is 6. The molecule has 0 radical (unpaired) electrons. The smallest absolute Gasteiger partial charge is 0.317 e. The lowest BCUT2D eigenvalue weighted by Gasteiger charge is -2.30. The first kappa shape index (κ1) is 19.7. The highest BCUT2D eigenvalue weighted by atomic mass is 32.2. The van der Waals surface area contributed by atoms with Gasteiger partial charge in [-0.2, -0.15) is 4.31 Å². The maximum Gasteiger partial charge on any atom is 0.317 e. The molecule has 1 aromatic rings. The van der Waals surface area contributed by atoms with E-state index in [1.54, 1.807) is 24.3 Å². The summed E-state index contributed by atoms with van der Waals surface area (Å²) in [6.45, 7) is 8.71. The highest BCUT2D eigenvalue weighted by Gasteiger charge is 2.22. The van der Waals surface area contributed by atoms with Gasteiger partial charge in [-0.05, 0) is 36.5 Å². The zero-order valence-corrected chi connectivity index (χ0v) is 16.2. The fraction of sp³-hybridized carbons (Fsp3) is 0.611. The van der Waals surface area contributed by atoms with Gasteiger partial charge in [0.15, 0.2) is 0 Å². The maximum absolute atomic E-state index is 12.5. The molecule has 140 valence electrons. The third-order valence-electron chi connectivity index (χ3n) is 4.65. The Morgan fingerprint density at radius 2 is 1.88 bits per heavy atom. The number of carbonyl (C=O) groups excluding carboxylic acids is 1. The van der Waals surface area contributed by atoms with Crippen molar-refractivity contribution in [2.24, 2.45) is 5.92 Å². The van der Waals surface area contributed by atoms with Gasteiger partial charge in [0.25, 0.3) is 0 Å².